The van der Waals surface area contributed by atoms with E-state index in [1.54, 1.807) is 4.68 Å². The van der Waals surface area contributed by atoms with Crippen LogP contribution in [0.1, 0.15) is 19.7 Å². The average molecular weight is 241 g/mol. The number of methoxy groups -OCH3 is 2. The molecule has 1 rings (SSSR count). The summed E-state index contributed by atoms with van der Waals surface area (Å²) in [6.45, 7) is 4.91. The molecule has 6 nitrogen and oxygen atoms in total. The van der Waals surface area contributed by atoms with Gasteiger partial charge in [0.05, 0.1) is 6.42 Å². The molecule has 0 amide bonds. The van der Waals surface area contributed by atoms with Crippen LogP contribution in [0.3, 0.4) is 0 Å². The molecule has 0 unspecified atom stereocenters. The van der Waals surface area contributed by atoms with E-state index < -0.39 is 6.29 Å². The van der Waals surface area contributed by atoms with Crippen LogP contribution in [0.25, 0.3) is 0 Å². The van der Waals surface area contributed by atoms with Crippen LogP contribution in [-0.4, -0.2) is 41.1 Å². The number of rotatable bonds is 7. The van der Waals surface area contributed by atoms with Gasteiger partial charge in [0.25, 0.3) is 0 Å². The third kappa shape index (κ3) is 3.90. The molecule has 6 heteroatoms. The zero-order chi connectivity index (χ0) is 12.8. The smallest absolute Gasteiger partial charge is 0.217 e. The van der Waals surface area contributed by atoms with Crippen molar-refractivity contribution in [3.63, 3.8) is 0 Å². The maximum atomic E-state index is 11.8. The van der Waals surface area contributed by atoms with Gasteiger partial charge in [-0.2, -0.15) is 5.10 Å². The van der Waals surface area contributed by atoms with Crippen molar-refractivity contribution in [2.45, 2.75) is 33.1 Å². The van der Waals surface area contributed by atoms with Crippen LogP contribution in [0.4, 0.5) is 0 Å². The van der Waals surface area contributed by atoms with Crippen molar-refractivity contribution in [2.24, 2.45) is 5.92 Å². The highest BCUT2D eigenvalue weighted by molar-refractivity contribution is 5.83. The largest absolute Gasteiger partial charge is 0.349 e. The molecule has 0 bridgehead atoms. The van der Waals surface area contributed by atoms with Crippen molar-refractivity contribution in [3.8, 4) is 0 Å². The molecule has 0 saturated heterocycles. The van der Waals surface area contributed by atoms with Crippen LogP contribution in [0, 0.1) is 5.92 Å². The van der Waals surface area contributed by atoms with Crippen LogP contribution >= 0.6 is 0 Å². The van der Waals surface area contributed by atoms with Crippen molar-refractivity contribution in [1.82, 2.24) is 14.8 Å². The van der Waals surface area contributed by atoms with E-state index >= 15 is 0 Å². The Morgan fingerprint density at radius 1 is 1.41 bits per heavy atom. The number of hydrogen-bond donors (Lipinski definition) is 0. The monoisotopic (exact) mass is 241 g/mol. The predicted molar refractivity (Wildman–Crippen MR) is 61.4 cm³/mol. The van der Waals surface area contributed by atoms with Crippen LogP contribution in [-0.2, 0) is 27.2 Å². The van der Waals surface area contributed by atoms with Gasteiger partial charge in [-0.15, -0.1) is 0 Å². The molecule has 0 fully saturated rings. The van der Waals surface area contributed by atoms with Crippen LogP contribution in [0.5, 0.6) is 0 Å². The number of aromatic nitrogens is 3. The van der Waals surface area contributed by atoms with Gasteiger partial charge in [-0.3, -0.25) is 4.79 Å². The topological polar surface area (TPSA) is 66.2 Å². The van der Waals surface area contributed by atoms with Crippen LogP contribution < -0.4 is 0 Å². The fourth-order valence-electron chi connectivity index (χ4n) is 1.52. The fourth-order valence-corrected chi connectivity index (χ4v) is 1.52. The molecule has 0 aliphatic rings. The molecule has 0 saturated carbocycles. The highest BCUT2D eigenvalue weighted by Crippen LogP contribution is 2.05. The minimum absolute atomic E-state index is 0.159. The number of carbonyl (C=O) groups is 1. The minimum Gasteiger partial charge on any atom is -0.349 e. The average Bonchev–Trinajstić information content (AvgIpc) is 2.66. The third-order valence-corrected chi connectivity index (χ3v) is 2.26. The van der Waals surface area contributed by atoms with Gasteiger partial charge in [0, 0.05) is 20.8 Å². The predicted octanol–water partition coefficient (Wildman–Crippen LogP) is 0.665. The summed E-state index contributed by atoms with van der Waals surface area (Å²) in [5.41, 5.74) is 0. The molecule has 0 atom stereocenters. The summed E-state index contributed by atoms with van der Waals surface area (Å²) >= 11 is 0. The Hall–Kier alpha value is -1.27. The molecule has 0 radical (unpaired) electrons. The molecule has 0 spiro atoms. The third-order valence-electron chi connectivity index (χ3n) is 2.26. The molecule has 96 valence electrons. The molecule has 17 heavy (non-hydrogen) atoms. The fraction of sp³-hybridized carbons (Fsp3) is 0.727. The number of Topliss-reactive ketones (excluding diaryl/α,β-unsaturated/α-hetero) is 1. The van der Waals surface area contributed by atoms with Gasteiger partial charge in [0.15, 0.2) is 5.78 Å². The molecule has 0 aliphatic carbocycles. The van der Waals surface area contributed by atoms with E-state index in [1.807, 2.05) is 0 Å². The van der Waals surface area contributed by atoms with Gasteiger partial charge in [0.2, 0.25) is 6.29 Å². The lowest BCUT2D eigenvalue weighted by molar-refractivity contribution is -0.156. The first-order valence-electron chi connectivity index (χ1n) is 5.53. The second-order valence-corrected chi connectivity index (χ2v) is 4.20. The van der Waals surface area contributed by atoms with E-state index in [0.29, 0.717) is 11.7 Å². The SMILES string of the molecule is COC(OC)C(=O)Cc1ncnn1CC(C)C. The molecule has 0 aliphatic heterocycles. The highest BCUT2D eigenvalue weighted by atomic mass is 16.7. The van der Waals surface area contributed by atoms with Gasteiger partial charge in [-0.1, -0.05) is 13.8 Å². The lowest BCUT2D eigenvalue weighted by Crippen LogP contribution is -2.28. The zero-order valence-corrected chi connectivity index (χ0v) is 10.7. The van der Waals surface area contributed by atoms with Gasteiger partial charge in [0.1, 0.15) is 12.2 Å². The summed E-state index contributed by atoms with van der Waals surface area (Å²) in [5, 5.41) is 4.09. The second-order valence-electron chi connectivity index (χ2n) is 4.20. The highest BCUT2D eigenvalue weighted by Gasteiger charge is 2.19. The van der Waals surface area contributed by atoms with Gasteiger partial charge in [-0.25, -0.2) is 9.67 Å². The Bertz CT molecular complexity index is 359. The molecular weight excluding hydrogens is 222 g/mol. The normalized spacial score (nSPS) is 11.4. The molecular formula is C11H19N3O3. The first kappa shape index (κ1) is 13.8. The summed E-state index contributed by atoms with van der Waals surface area (Å²) < 4.78 is 11.5. The summed E-state index contributed by atoms with van der Waals surface area (Å²) in [7, 11) is 2.87. The maximum Gasteiger partial charge on any atom is 0.217 e. The van der Waals surface area contributed by atoms with Crippen LogP contribution in [0.2, 0.25) is 0 Å². The quantitative estimate of drug-likeness (QED) is 0.656. The summed E-state index contributed by atoms with van der Waals surface area (Å²) in [4.78, 5) is 15.9. The Morgan fingerprint density at radius 3 is 2.59 bits per heavy atom. The van der Waals surface area contributed by atoms with E-state index in [9.17, 15) is 4.79 Å². The Balaban J connectivity index is 2.68. The van der Waals surface area contributed by atoms with E-state index in [4.69, 9.17) is 9.47 Å². The standard InChI is InChI=1S/C11H19N3O3/c1-8(2)6-14-10(12-7-13-14)5-9(15)11(16-3)17-4/h7-8,11H,5-6H2,1-4H3. The molecule has 0 N–H and O–H groups in total. The first-order chi connectivity index (χ1) is 8.08. The Labute approximate surface area is 101 Å². The van der Waals surface area contributed by atoms with Crippen molar-refractivity contribution in [3.05, 3.63) is 12.2 Å². The van der Waals surface area contributed by atoms with Crippen LogP contribution in [0.15, 0.2) is 6.33 Å². The van der Waals surface area contributed by atoms with E-state index in [-0.39, 0.29) is 12.2 Å². The molecule has 0 aromatic carbocycles. The van der Waals surface area contributed by atoms with Gasteiger partial charge >= 0.3 is 0 Å². The second kappa shape index (κ2) is 6.46. The van der Waals surface area contributed by atoms with E-state index in [0.717, 1.165) is 6.54 Å². The summed E-state index contributed by atoms with van der Waals surface area (Å²) in [5.74, 6) is 0.932. The molecule has 1 aromatic heterocycles. The number of hydrogen-bond acceptors (Lipinski definition) is 5. The number of nitrogens with zero attached hydrogens (tertiary/aromatic N) is 3. The van der Waals surface area contributed by atoms with Gasteiger partial charge in [-0.05, 0) is 5.92 Å². The minimum atomic E-state index is -0.834. The van der Waals surface area contributed by atoms with E-state index in [2.05, 4.69) is 23.9 Å². The summed E-state index contributed by atoms with van der Waals surface area (Å²) in [6.07, 6.45) is 0.790. The number of ketones is 1. The number of carbonyl (C=O) groups excluding carboxylic acids is 1. The first-order valence-corrected chi connectivity index (χ1v) is 5.53. The Kier molecular flexibility index (Phi) is 5.24. The number of ether oxygens (including phenoxy) is 2. The molecule has 1 aromatic rings. The lowest BCUT2D eigenvalue weighted by atomic mass is 10.2. The zero-order valence-electron chi connectivity index (χ0n) is 10.7. The van der Waals surface area contributed by atoms with Crippen molar-refractivity contribution >= 4 is 5.78 Å². The van der Waals surface area contributed by atoms with Gasteiger partial charge < -0.3 is 9.47 Å². The molecule has 1 heterocycles. The summed E-state index contributed by atoms with van der Waals surface area (Å²) in [6, 6.07) is 0. The van der Waals surface area contributed by atoms with Crippen molar-refractivity contribution < 1.29 is 14.3 Å². The van der Waals surface area contributed by atoms with Crippen molar-refractivity contribution in [2.75, 3.05) is 14.2 Å². The lowest BCUT2D eigenvalue weighted by Gasteiger charge is -2.12. The Morgan fingerprint density at radius 2 is 2.06 bits per heavy atom. The van der Waals surface area contributed by atoms with E-state index in [1.165, 1.54) is 20.5 Å². The maximum absolute atomic E-state index is 11.8. The van der Waals surface area contributed by atoms with Crippen molar-refractivity contribution in [1.29, 1.82) is 0 Å².